The molecule has 4 rings (SSSR count). The molecule has 2 saturated heterocycles. The zero-order valence-electron chi connectivity index (χ0n) is 25.9. The number of piperidine rings is 1. The van der Waals surface area contributed by atoms with Gasteiger partial charge in [-0.05, 0) is 73.8 Å². The fourth-order valence-corrected chi connectivity index (χ4v) is 5.11. The van der Waals surface area contributed by atoms with Crippen LogP contribution in [-0.2, 0) is 45.3 Å². The fraction of sp³-hybridized carbons (Fsp3) is 0.516. The summed E-state index contributed by atoms with van der Waals surface area (Å²) in [5.74, 6) is -4.74. The van der Waals surface area contributed by atoms with Crippen molar-refractivity contribution in [2.75, 3.05) is 44.6 Å². The van der Waals surface area contributed by atoms with Crippen molar-refractivity contribution in [1.82, 2.24) is 15.5 Å². The lowest BCUT2D eigenvalue weighted by atomic mass is 9.94. The summed E-state index contributed by atoms with van der Waals surface area (Å²) in [4.78, 5) is 36.8. The van der Waals surface area contributed by atoms with Gasteiger partial charge in [0.1, 0.15) is 0 Å². The SMILES string of the molecule is CC(F)(F)c1cc(NC(=O)CC2CCNCC2)cc(C(F)(F)F)c1.O=C(Cc1cc(C(F)(F)F)cc(C(F)(F)F)c1)CN1CCNCC1=O. The van der Waals surface area contributed by atoms with Gasteiger partial charge in [0.2, 0.25) is 11.8 Å². The van der Waals surface area contributed by atoms with E-state index >= 15 is 0 Å². The molecule has 0 unspecified atom stereocenters. The summed E-state index contributed by atoms with van der Waals surface area (Å²) in [6, 6.07) is 3.01. The number of nitrogens with one attached hydrogen (secondary N) is 3. The molecule has 0 aromatic heterocycles. The molecule has 272 valence electrons. The Morgan fingerprint density at radius 3 is 1.78 bits per heavy atom. The minimum absolute atomic E-state index is 0.00775. The molecule has 2 fully saturated rings. The van der Waals surface area contributed by atoms with Gasteiger partial charge < -0.3 is 20.9 Å². The third-order valence-electron chi connectivity index (χ3n) is 7.59. The molecule has 2 aliphatic rings. The van der Waals surface area contributed by atoms with Gasteiger partial charge in [0.05, 0.1) is 29.8 Å². The topological polar surface area (TPSA) is 90.5 Å². The second-order valence-corrected chi connectivity index (χ2v) is 11.8. The first-order valence-electron chi connectivity index (χ1n) is 14.9. The monoisotopic (exact) mass is 718 g/mol. The fourth-order valence-electron chi connectivity index (χ4n) is 5.11. The number of hydrogen-bond donors (Lipinski definition) is 3. The van der Waals surface area contributed by atoms with Crippen molar-refractivity contribution in [2.24, 2.45) is 5.92 Å². The van der Waals surface area contributed by atoms with Crippen LogP contribution in [0.1, 0.15) is 54.0 Å². The van der Waals surface area contributed by atoms with Crippen LogP contribution in [0.15, 0.2) is 36.4 Å². The van der Waals surface area contributed by atoms with Crippen LogP contribution in [-0.4, -0.2) is 61.8 Å². The van der Waals surface area contributed by atoms with Gasteiger partial charge in [0, 0.05) is 44.1 Å². The number of hydrogen-bond acceptors (Lipinski definition) is 5. The van der Waals surface area contributed by atoms with Crippen LogP contribution in [0.25, 0.3) is 0 Å². The van der Waals surface area contributed by atoms with Gasteiger partial charge in [0.25, 0.3) is 5.92 Å². The highest BCUT2D eigenvalue weighted by Gasteiger charge is 2.37. The van der Waals surface area contributed by atoms with Crippen LogP contribution in [0.3, 0.4) is 0 Å². The number of rotatable bonds is 8. The van der Waals surface area contributed by atoms with Crippen LogP contribution in [0, 0.1) is 5.92 Å². The Bertz CT molecular complexity index is 1410. The number of carbonyl (C=O) groups excluding carboxylic acids is 3. The number of halogens is 11. The number of amides is 2. The lowest BCUT2D eigenvalue weighted by Gasteiger charge is -2.26. The van der Waals surface area contributed by atoms with Gasteiger partial charge >= 0.3 is 18.5 Å². The Kier molecular flexibility index (Phi) is 12.8. The van der Waals surface area contributed by atoms with Crippen LogP contribution in [0.2, 0.25) is 0 Å². The molecular weight excluding hydrogens is 685 g/mol. The van der Waals surface area contributed by atoms with Crippen LogP contribution < -0.4 is 16.0 Å². The average Bonchev–Trinajstić information content (AvgIpc) is 2.97. The summed E-state index contributed by atoms with van der Waals surface area (Å²) in [7, 11) is 0. The van der Waals surface area contributed by atoms with Gasteiger partial charge in [-0.25, -0.2) is 8.78 Å². The first-order valence-corrected chi connectivity index (χ1v) is 14.9. The largest absolute Gasteiger partial charge is 0.416 e. The number of anilines is 1. The highest BCUT2D eigenvalue weighted by molar-refractivity contribution is 5.91. The second-order valence-electron chi connectivity index (χ2n) is 11.8. The quantitative estimate of drug-likeness (QED) is 0.275. The van der Waals surface area contributed by atoms with Gasteiger partial charge in [-0.2, -0.15) is 39.5 Å². The molecule has 0 aliphatic carbocycles. The van der Waals surface area contributed by atoms with E-state index in [0.717, 1.165) is 32.0 Å². The molecule has 0 spiro atoms. The van der Waals surface area contributed by atoms with Crippen molar-refractivity contribution in [2.45, 2.75) is 57.1 Å². The molecule has 0 bridgehead atoms. The van der Waals surface area contributed by atoms with Crippen LogP contribution >= 0.6 is 0 Å². The van der Waals surface area contributed by atoms with Crippen LogP contribution in [0.4, 0.5) is 54.0 Å². The highest BCUT2D eigenvalue weighted by Crippen LogP contribution is 2.38. The zero-order valence-corrected chi connectivity index (χ0v) is 25.9. The van der Waals surface area contributed by atoms with Crippen molar-refractivity contribution in [3.8, 4) is 0 Å². The lowest BCUT2D eigenvalue weighted by molar-refractivity contribution is -0.143. The summed E-state index contributed by atoms with van der Waals surface area (Å²) in [6.45, 7) is 2.49. The predicted molar refractivity (Wildman–Crippen MR) is 154 cm³/mol. The van der Waals surface area contributed by atoms with Gasteiger partial charge in [-0.1, -0.05) is 0 Å². The normalized spacial score (nSPS) is 16.6. The van der Waals surface area contributed by atoms with Gasteiger partial charge in [0.15, 0.2) is 5.78 Å². The summed E-state index contributed by atoms with van der Waals surface area (Å²) >= 11 is 0. The zero-order chi connectivity index (χ0) is 36.8. The number of ketones is 1. The van der Waals surface area contributed by atoms with Crippen molar-refractivity contribution in [1.29, 1.82) is 0 Å². The molecule has 2 aromatic rings. The van der Waals surface area contributed by atoms with Crippen molar-refractivity contribution in [3.63, 3.8) is 0 Å². The molecule has 7 nitrogen and oxygen atoms in total. The van der Waals surface area contributed by atoms with Gasteiger partial charge in [-0.3, -0.25) is 14.4 Å². The van der Waals surface area contributed by atoms with Crippen molar-refractivity contribution < 1.29 is 62.7 Å². The van der Waals surface area contributed by atoms with E-state index in [9.17, 15) is 62.7 Å². The average molecular weight is 719 g/mol. The third-order valence-corrected chi connectivity index (χ3v) is 7.59. The highest BCUT2D eigenvalue weighted by atomic mass is 19.4. The molecule has 0 saturated carbocycles. The third kappa shape index (κ3) is 12.5. The van der Waals surface area contributed by atoms with E-state index in [0.29, 0.717) is 37.7 Å². The number of carbonyl (C=O) groups is 3. The molecule has 2 heterocycles. The standard InChI is InChI=1S/C16H19F5N2O.C15H14F6N2O2/c1-15(17,18)11-7-12(16(19,20)21)9-13(8-11)23-14(24)6-10-2-4-22-5-3-10;16-14(17,18)10-3-9(4-11(6-10)15(19,20)21)5-12(24)8-23-2-1-22-7-13(23)25/h7-10,22H,2-6H2,1H3,(H,23,24);3-4,6,22H,1-2,5,7-8H2. The van der Waals surface area contributed by atoms with E-state index in [2.05, 4.69) is 16.0 Å². The molecule has 3 N–H and O–H groups in total. The number of piperazine rings is 1. The minimum atomic E-state index is -4.96. The molecular formula is C31H33F11N4O3. The second kappa shape index (κ2) is 15.8. The maximum absolute atomic E-state index is 13.4. The van der Waals surface area contributed by atoms with E-state index in [1.54, 1.807) is 0 Å². The molecule has 2 amide bonds. The smallest absolute Gasteiger partial charge is 0.333 e. The van der Waals surface area contributed by atoms with Crippen molar-refractivity contribution >= 4 is 23.3 Å². The molecule has 18 heteroatoms. The number of alkyl halides is 11. The van der Waals surface area contributed by atoms with E-state index in [1.165, 1.54) is 4.90 Å². The molecule has 0 atom stereocenters. The molecule has 2 aromatic carbocycles. The predicted octanol–water partition coefficient (Wildman–Crippen LogP) is 6.41. The maximum Gasteiger partial charge on any atom is 0.416 e. The molecule has 0 radical (unpaired) electrons. The van der Waals surface area contributed by atoms with E-state index < -0.39 is 70.4 Å². The van der Waals surface area contributed by atoms with Gasteiger partial charge in [-0.15, -0.1) is 0 Å². The summed E-state index contributed by atoms with van der Waals surface area (Å²) in [5, 5.41) is 8.25. The number of nitrogens with zero attached hydrogens (tertiary/aromatic N) is 1. The summed E-state index contributed by atoms with van der Waals surface area (Å²) in [6.07, 6.45) is -13.6. The first-order chi connectivity index (χ1) is 22.5. The number of Topliss-reactive ketones (excluding diaryl/α,β-unsaturated/α-hetero) is 1. The maximum atomic E-state index is 13.4. The Balaban J connectivity index is 0.000000266. The Morgan fingerprint density at radius 1 is 0.755 bits per heavy atom. The number of benzene rings is 2. The first kappa shape index (κ1) is 39.6. The Morgan fingerprint density at radius 2 is 1.27 bits per heavy atom. The minimum Gasteiger partial charge on any atom is -0.333 e. The van der Waals surface area contributed by atoms with Crippen LogP contribution in [0.5, 0.6) is 0 Å². The van der Waals surface area contributed by atoms with E-state index in [4.69, 9.17) is 0 Å². The van der Waals surface area contributed by atoms with Crippen molar-refractivity contribution in [3.05, 3.63) is 64.2 Å². The lowest BCUT2D eigenvalue weighted by Crippen LogP contribution is -2.49. The molecule has 2 aliphatic heterocycles. The Labute approximate surface area is 273 Å². The van der Waals surface area contributed by atoms with E-state index in [-0.39, 0.29) is 49.6 Å². The summed E-state index contributed by atoms with van der Waals surface area (Å²) < 4.78 is 142. The molecule has 49 heavy (non-hydrogen) atoms. The summed E-state index contributed by atoms with van der Waals surface area (Å²) in [5.41, 5.74) is -5.59. The Hall–Kier alpha value is -3.80. The van der Waals surface area contributed by atoms with E-state index in [1.807, 2.05) is 0 Å².